The lowest BCUT2D eigenvalue weighted by Crippen LogP contribution is -2.41. The minimum atomic E-state index is -0.304. The van der Waals surface area contributed by atoms with Crippen LogP contribution in [0.3, 0.4) is 0 Å². The van der Waals surface area contributed by atoms with Gasteiger partial charge in [-0.15, -0.1) is 0 Å². The van der Waals surface area contributed by atoms with E-state index in [1.165, 1.54) is 5.56 Å². The third-order valence-electron chi connectivity index (χ3n) is 4.21. The van der Waals surface area contributed by atoms with E-state index >= 15 is 0 Å². The van der Waals surface area contributed by atoms with Crippen LogP contribution in [0.4, 0.5) is 0 Å². The Labute approximate surface area is 110 Å². The molecule has 1 saturated heterocycles. The van der Waals surface area contributed by atoms with Crippen molar-refractivity contribution in [2.24, 2.45) is 5.73 Å². The van der Waals surface area contributed by atoms with E-state index in [2.05, 4.69) is 40.7 Å². The molecule has 1 heterocycles. The molecule has 98 valence electrons. The summed E-state index contributed by atoms with van der Waals surface area (Å²) in [5, 5.41) is 0. The van der Waals surface area contributed by atoms with Crippen LogP contribution in [-0.4, -0.2) is 18.3 Å². The van der Waals surface area contributed by atoms with Crippen LogP contribution in [0.5, 0.6) is 0 Å². The van der Waals surface area contributed by atoms with Crippen molar-refractivity contribution in [2.75, 3.05) is 0 Å². The van der Waals surface area contributed by atoms with Gasteiger partial charge in [-0.1, -0.05) is 18.2 Å². The van der Waals surface area contributed by atoms with E-state index in [1.54, 1.807) is 0 Å². The third kappa shape index (κ3) is 2.09. The van der Waals surface area contributed by atoms with Gasteiger partial charge in [0.2, 0.25) is 0 Å². The van der Waals surface area contributed by atoms with Gasteiger partial charge >= 0.3 is 7.12 Å². The molecule has 1 fully saturated rings. The van der Waals surface area contributed by atoms with E-state index in [4.69, 9.17) is 15.0 Å². The van der Waals surface area contributed by atoms with E-state index in [9.17, 15) is 0 Å². The third-order valence-corrected chi connectivity index (χ3v) is 4.21. The molecule has 0 aliphatic carbocycles. The fourth-order valence-electron chi connectivity index (χ4n) is 2.15. The average molecular weight is 247 g/mol. The van der Waals surface area contributed by atoms with Gasteiger partial charge in [-0.05, 0) is 51.2 Å². The summed E-state index contributed by atoms with van der Waals surface area (Å²) >= 11 is 0. The predicted octanol–water partition coefficient (Wildman–Crippen LogP) is 1.75. The van der Waals surface area contributed by atoms with Gasteiger partial charge < -0.3 is 15.0 Å². The Kier molecular flexibility index (Phi) is 3.30. The zero-order chi connectivity index (χ0) is 13.6. The minimum absolute atomic E-state index is 0.303. The van der Waals surface area contributed by atoms with Gasteiger partial charge in [-0.25, -0.2) is 0 Å². The van der Waals surface area contributed by atoms with Crippen LogP contribution in [-0.2, 0) is 15.9 Å². The molecule has 0 bridgehead atoms. The summed E-state index contributed by atoms with van der Waals surface area (Å²) in [6, 6.07) is 6.11. The van der Waals surface area contributed by atoms with Crippen LogP contribution >= 0.6 is 0 Å². The summed E-state index contributed by atoms with van der Waals surface area (Å²) in [4.78, 5) is 0. The van der Waals surface area contributed by atoms with Gasteiger partial charge in [0, 0.05) is 6.54 Å². The highest BCUT2D eigenvalue weighted by molar-refractivity contribution is 6.62. The van der Waals surface area contributed by atoms with Crippen molar-refractivity contribution in [3.05, 3.63) is 29.3 Å². The van der Waals surface area contributed by atoms with Gasteiger partial charge in [0.05, 0.1) is 11.2 Å². The fraction of sp³-hybridized carbons (Fsp3) is 0.571. The SMILES string of the molecule is Cc1c(CN)cccc1B1OC(C)(C)C(C)(C)O1. The Bertz CT molecular complexity index is 441. The van der Waals surface area contributed by atoms with E-state index in [0.717, 1.165) is 11.0 Å². The quantitative estimate of drug-likeness (QED) is 0.810. The smallest absolute Gasteiger partial charge is 0.399 e. The highest BCUT2D eigenvalue weighted by Crippen LogP contribution is 2.36. The summed E-state index contributed by atoms with van der Waals surface area (Å²) in [5.74, 6) is 0. The molecule has 0 saturated carbocycles. The van der Waals surface area contributed by atoms with Crippen molar-refractivity contribution < 1.29 is 9.31 Å². The van der Waals surface area contributed by atoms with E-state index < -0.39 is 0 Å². The number of benzene rings is 1. The lowest BCUT2D eigenvalue weighted by molar-refractivity contribution is 0.00578. The highest BCUT2D eigenvalue weighted by atomic mass is 16.7. The van der Waals surface area contributed by atoms with Crippen molar-refractivity contribution >= 4 is 12.6 Å². The number of hydrogen-bond donors (Lipinski definition) is 1. The van der Waals surface area contributed by atoms with Gasteiger partial charge in [0.25, 0.3) is 0 Å². The standard InChI is InChI=1S/C14H22BNO2/c1-10-11(9-16)7-6-8-12(10)15-17-13(2,3)14(4,5)18-15/h6-8H,9,16H2,1-5H3. The molecule has 0 atom stereocenters. The van der Waals surface area contributed by atoms with Crippen LogP contribution in [0.1, 0.15) is 38.8 Å². The summed E-state index contributed by atoms with van der Waals surface area (Å²) in [5.41, 5.74) is 8.52. The first-order valence-corrected chi connectivity index (χ1v) is 6.42. The zero-order valence-corrected chi connectivity index (χ0v) is 11.9. The topological polar surface area (TPSA) is 44.5 Å². The second kappa shape index (κ2) is 4.37. The molecule has 2 N–H and O–H groups in total. The van der Waals surface area contributed by atoms with Crippen LogP contribution in [0, 0.1) is 6.92 Å². The molecule has 1 aromatic rings. The molecular formula is C14H22BNO2. The van der Waals surface area contributed by atoms with Crippen molar-refractivity contribution in [3.8, 4) is 0 Å². The Morgan fingerprint density at radius 1 is 1.11 bits per heavy atom. The summed E-state index contributed by atoms with van der Waals surface area (Å²) in [6.07, 6.45) is 0. The molecule has 0 amide bonds. The highest BCUT2D eigenvalue weighted by Gasteiger charge is 2.52. The Hall–Kier alpha value is -0.835. The molecule has 1 aliphatic heterocycles. The first-order valence-electron chi connectivity index (χ1n) is 6.42. The first-order chi connectivity index (χ1) is 8.28. The summed E-state index contributed by atoms with van der Waals surface area (Å²) in [7, 11) is -0.304. The molecule has 3 nitrogen and oxygen atoms in total. The zero-order valence-electron chi connectivity index (χ0n) is 11.9. The maximum Gasteiger partial charge on any atom is 0.495 e. The maximum atomic E-state index is 6.07. The Morgan fingerprint density at radius 2 is 1.67 bits per heavy atom. The lowest BCUT2D eigenvalue weighted by Gasteiger charge is -2.32. The molecule has 0 aromatic heterocycles. The first kappa shape index (κ1) is 13.6. The predicted molar refractivity (Wildman–Crippen MR) is 74.8 cm³/mol. The average Bonchev–Trinajstić information content (AvgIpc) is 2.48. The number of nitrogens with two attached hydrogens (primary N) is 1. The van der Waals surface area contributed by atoms with Crippen molar-refractivity contribution in [1.29, 1.82) is 0 Å². The van der Waals surface area contributed by atoms with Gasteiger partial charge in [-0.2, -0.15) is 0 Å². The maximum absolute atomic E-state index is 6.07. The normalized spacial score (nSPS) is 21.3. The van der Waals surface area contributed by atoms with E-state index in [1.807, 2.05) is 12.1 Å². The monoisotopic (exact) mass is 247 g/mol. The molecule has 1 aliphatic rings. The molecular weight excluding hydrogens is 225 g/mol. The molecule has 0 unspecified atom stereocenters. The minimum Gasteiger partial charge on any atom is -0.399 e. The molecule has 0 spiro atoms. The van der Waals surface area contributed by atoms with E-state index in [0.29, 0.717) is 6.54 Å². The van der Waals surface area contributed by atoms with Crippen LogP contribution in [0.15, 0.2) is 18.2 Å². The number of rotatable bonds is 2. The molecule has 0 radical (unpaired) electrons. The molecule has 18 heavy (non-hydrogen) atoms. The summed E-state index contributed by atoms with van der Waals surface area (Å²) in [6.45, 7) is 10.9. The fourth-order valence-corrected chi connectivity index (χ4v) is 2.15. The Morgan fingerprint density at radius 3 is 2.17 bits per heavy atom. The van der Waals surface area contributed by atoms with Crippen LogP contribution in [0.2, 0.25) is 0 Å². The van der Waals surface area contributed by atoms with Crippen molar-refractivity contribution in [3.63, 3.8) is 0 Å². The van der Waals surface area contributed by atoms with Crippen molar-refractivity contribution in [1.82, 2.24) is 0 Å². The van der Waals surface area contributed by atoms with Crippen molar-refractivity contribution in [2.45, 2.75) is 52.4 Å². The molecule has 1 aromatic carbocycles. The van der Waals surface area contributed by atoms with E-state index in [-0.39, 0.29) is 18.3 Å². The summed E-state index contributed by atoms with van der Waals surface area (Å²) < 4.78 is 12.1. The second-order valence-electron chi connectivity index (χ2n) is 5.92. The second-order valence-corrected chi connectivity index (χ2v) is 5.92. The van der Waals surface area contributed by atoms with Gasteiger partial charge in [0.1, 0.15) is 0 Å². The molecule has 2 rings (SSSR count). The molecule has 4 heteroatoms. The van der Waals surface area contributed by atoms with Gasteiger partial charge in [0.15, 0.2) is 0 Å². The van der Waals surface area contributed by atoms with Crippen LogP contribution in [0.25, 0.3) is 0 Å². The van der Waals surface area contributed by atoms with Crippen LogP contribution < -0.4 is 11.2 Å². The number of hydrogen-bond acceptors (Lipinski definition) is 3. The Balaban J connectivity index is 2.35. The lowest BCUT2D eigenvalue weighted by atomic mass is 9.75. The van der Waals surface area contributed by atoms with Gasteiger partial charge in [-0.3, -0.25) is 0 Å². The largest absolute Gasteiger partial charge is 0.495 e.